The van der Waals surface area contributed by atoms with Crippen LogP contribution in [0.5, 0.6) is 5.75 Å². The third-order valence-corrected chi connectivity index (χ3v) is 5.39. The first-order chi connectivity index (χ1) is 13.2. The summed E-state index contributed by atoms with van der Waals surface area (Å²) in [5.41, 5.74) is 11.6. The molecule has 0 saturated heterocycles. The Labute approximate surface area is 162 Å². The number of rotatable bonds is 5. The lowest BCUT2D eigenvalue weighted by Crippen LogP contribution is -2.06. The maximum atomic E-state index is 9.61. The first-order valence-electron chi connectivity index (χ1n) is 8.83. The van der Waals surface area contributed by atoms with Crippen LogP contribution in [0.1, 0.15) is 22.7 Å². The summed E-state index contributed by atoms with van der Waals surface area (Å²) in [5.74, 6) is 0.365. The van der Waals surface area contributed by atoms with Gasteiger partial charge in [0.15, 0.2) is 5.13 Å². The van der Waals surface area contributed by atoms with E-state index < -0.39 is 0 Å². The Bertz CT molecular complexity index is 1010. The van der Waals surface area contributed by atoms with E-state index in [9.17, 15) is 5.11 Å². The summed E-state index contributed by atoms with van der Waals surface area (Å²) in [4.78, 5) is 4.50. The third kappa shape index (κ3) is 4.01. The molecule has 1 atom stereocenters. The van der Waals surface area contributed by atoms with Crippen molar-refractivity contribution in [1.29, 1.82) is 0 Å². The van der Waals surface area contributed by atoms with Crippen LogP contribution in [0.4, 0.5) is 5.13 Å². The Morgan fingerprint density at radius 1 is 0.852 bits per heavy atom. The predicted octanol–water partition coefficient (Wildman–Crippen LogP) is 5.47. The van der Waals surface area contributed by atoms with Crippen molar-refractivity contribution in [2.24, 2.45) is 0 Å². The number of nitrogens with zero attached hydrogens (tertiary/aromatic N) is 1. The van der Waals surface area contributed by atoms with E-state index in [0.717, 1.165) is 17.7 Å². The highest BCUT2D eigenvalue weighted by molar-refractivity contribution is 7.13. The van der Waals surface area contributed by atoms with E-state index in [0.29, 0.717) is 5.13 Å². The molecule has 4 aromatic rings. The van der Waals surface area contributed by atoms with Gasteiger partial charge in [-0.15, -0.1) is 11.3 Å². The molecule has 3 aromatic carbocycles. The summed E-state index contributed by atoms with van der Waals surface area (Å²) in [6.07, 6.45) is 0.822. The van der Waals surface area contributed by atoms with Crippen molar-refractivity contribution < 1.29 is 5.11 Å². The summed E-state index contributed by atoms with van der Waals surface area (Å²) in [5, 5.41) is 12.2. The minimum absolute atomic E-state index is 0.0988. The molecule has 1 aromatic heterocycles. The number of phenols is 1. The number of hydrogen-bond donors (Lipinski definition) is 2. The highest BCUT2D eigenvalue weighted by atomic mass is 32.1. The minimum Gasteiger partial charge on any atom is -0.508 e. The topological polar surface area (TPSA) is 59.1 Å². The van der Waals surface area contributed by atoms with Crippen molar-refractivity contribution in [3.05, 3.63) is 101 Å². The van der Waals surface area contributed by atoms with E-state index in [1.165, 1.54) is 28.0 Å². The van der Waals surface area contributed by atoms with Crippen LogP contribution < -0.4 is 5.73 Å². The summed E-state index contributed by atoms with van der Waals surface area (Å²) < 4.78 is 0. The third-order valence-electron chi connectivity index (χ3n) is 4.69. The SMILES string of the molecule is Nc1nc(C(Cc2ccc(-c3ccccc3)cc2)c2ccc(O)cc2)cs1. The van der Waals surface area contributed by atoms with E-state index in [1.54, 1.807) is 12.1 Å². The number of benzene rings is 3. The molecule has 0 saturated carbocycles. The first kappa shape index (κ1) is 17.3. The Morgan fingerprint density at radius 2 is 1.52 bits per heavy atom. The van der Waals surface area contributed by atoms with Gasteiger partial charge in [-0.2, -0.15) is 0 Å². The molecule has 0 spiro atoms. The van der Waals surface area contributed by atoms with Gasteiger partial charge < -0.3 is 10.8 Å². The van der Waals surface area contributed by atoms with Gasteiger partial charge in [-0.05, 0) is 40.8 Å². The molecule has 4 rings (SSSR count). The molecule has 0 aliphatic heterocycles. The average Bonchev–Trinajstić information content (AvgIpc) is 3.14. The second-order valence-electron chi connectivity index (χ2n) is 6.52. The van der Waals surface area contributed by atoms with Crippen molar-refractivity contribution in [3.8, 4) is 16.9 Å². The van der Waals surface area contributed by atoms with E-state index in [-0.39, 0.29) is 11.7 Å². The molecule has 0 amide bonds. The van der Waals surface area contributed by atoms with Crippen LogP contribution in [0.15, 0.2) is 84.2 Å². The molecule has 4 heteroatoms. The fourth-order valence-electron chi connectivity index (χ4n) is 3.26. The maximum absolute atomic E-state index is 9.61. The number of thiazole rings is 1. The van der Waals surface area contributed by atoms with Crippen molar-refractivity contribution >= 4 is 16.5 Å². The van der Waals surface area contributed by atoms with E-state index in [2.05, 4.69) is 53.5 Å². The smallest absolute Gasteiger partial charge is 0.180 e. The van der Waals surface area contributed by atoms with Crippen LogP contribution in [0.25, 0.3) is 11.1 Å². The molecule has 3 nitrogen and oxygen atoms in total. The highest BCUT2D eigenvalue weighted by Gasteiger charge is 2.18. The zero-order valence-corrected chi connectivity index (χ0v) is 15.6. The van der Waals surface area contributed by atoms with Crippen molar-refractivity contribution in [3.63, 3.8) is 0 Å². The molecule has 1 unspecified atom stereocenters. The summed E-state index contributed by atoms with van der Waals surface area (Å²) >= 11 is 1.46. The van der Waals surface area contributed by atoms with Crippen molar-refractivity contribution in [1.82, 2.24) is 4.98 Å². The predicted molar refractivity (Wildman–Crippen MR) is 112 cm³/mol. The number of phenolic OH excluding ortho intramolecular Hbond substituents is 1. The van der Waals surface area contributed by atoms with Gasteiger partial charge in [0.2, 0.25) is 0 Å². The highest BCUT2D eigenvalue weighted by Crippen LogP contribution is 2.31. The number of nitrogens with two attached hydrogens (primary N) is 1. The summed E-state index contributed by atoms with van der Waals surface area (Å²) in [6.45, 7) is 0. The van der Waals surface area contributed by atoms with Gasteiger partial charge in [-0.1, -0.05) is 66.7 Å². The number of anilines is 1. The monoisotopic (exact) mass is 372 g/mol. The van der Waals surface area contributed by atoms with Crippen LogP contribution in [0.3, 0.4) is 0 Å². The van der Waals surface area contributed by atoms with Gasteiger partial charge >= 0.3 is 0 Å². The lowest BCUT2D eigenvalue weighted by atomic mass is 9.89. The number of aromatic hydroxyl groups is 1. The maximum Gasteiger partial charge on any atom is 0.180 e. The number of hydrogen-bond acceptors (Lipinski definition) is 4. The second kappa shape index (κ2) is 7.64. The molecule has 1 heterocycles. The Balaban J connectivity index is 1.62. The molecule has 0 radical (unpaired) electrons. The number of nitrogen functional groups attached to an aromatic ring is 1. The van der Waals surface area contributed by atoms with Crippen LogP contribution in [0, 0.1) is 0 Å². The van der Waals surface area contributed by atoms with Crippen molar-refractivity contribution in [2.75, 3.05) is 5.73 Å². The fourth-order valence-corrected chi connectivity index (χ4v) is 3.88. The Hall–Kier alpha value is -3.11. The first-order valence-corrected chi connectivity index (χ1v) is 9.71. The minimum atomic E-state index is 0.0988. The van der Waals surface area contributed by atoms with Gasteiger partial charge in [0.05, 0.1) is 5.69 Å². The van der Waals surface area contributed by atoms with E-state index in [1.807, 2.05) is 23.6 Å². The number of aromatic nitrogens is 1. The quantitative estimate of drug-likeness (QED) is 0.488. The van der Waals surface area contributed by atoms with E-state index in [4.69, 9.17) is 5.73 Å². The molecule has 0 aliphatic rings. The molecule has 0 bridgehead atoms. The molecular weight excluding hydrogens is 352 g/mol. The molecule has 0 aliphatic carbocycles. The fraction of sp³-hybridized carbons (Fsp3) is 0.0870. The largest absolute Gasteiger partial charge is 0.508 e. The lowest BCUT2D eigenvalue weighted by molar-refractivity contribution is 0.475. The van der Waals surface area contributed by atoms with Gasteiger partial charge in [-0.3, -0.25) is 0 Å². The zero-order valence-electron chi connectivity index (χ0n) is 14.7. The van der Waals surface area contributed by atoms with Gasteiger partial charge in [0.1, 0.15) is 5.75 Å². The summed E-state index contributed by atoms with van der Waals surface area (Å²) in [6, 6.07) is 26.4. The van der Waals surface area contributed by atoms with E-state index >= 15 is 0 Å². The molecule has 27 heavy (non-hydrogen) atoms. The van der Waals surface area contributed by atoms with Crippen LogP contribution in [0.2, 0.25) is 0 Å². The van der Waals surface area contributed by atoms with Gasteiger partial charge in [0.25, 0.3) is 0 Å². The lowest BCUT2D eigenvalue weighted by Gasteiger charge is -2.16. The molecule has 134 valence electrons. The van der Waals surface area contributed by atoms with Gasteiger partial charge in [-0.25, -0.2) is 4.98 Å². The zero-order chi connectivity index (χ0) is 18.6. The molecule has 3 N–H and O–H groups in total. The second-order valence-corrected chi connectivity index (χ2v) is 7.41. The normalized spacial score (nSPS) is 12.0. The van der Waals surface area contributed by atoms with Crippen LogP contribution in [-0.2, 0) is 6.42 Å². The average molecular weight is 372 g/mol. The van der Waals surface area contributed by atoms with Crippen molar-refractivity contribution in [2.45, 2.75) is 12.3 Å². The summed E-state index contributed by atoms with van der Waals surface area (Å²) in [7, 11) is 0. The standard InChI is InChI=1S/C23H20N2OS/c24-23-25-22(15-27-23)21(19-10-12-20(26)13-11-19)14-16-6-8-18(9-7-16)17-4-2-1-3-5-17/h1-13,15,21,26H,14H2,(H2,24,25). The van der Waals surface area contributed by atoms with Crippen LogP contribution in [-0.4, -0.2) is 10.1 Å². The molecule has 0 fully saturated rings. The Morgan fingerprint density at radius 3 is 2.15 bits per heavy atom. The Kier molecular flexibility index (Phi) is 4.90. The van der Waals surface area contributed by atoms with Crippen LogP contribution >= 0.6 is 11.3 Å². The molecular formula is C23H20N2OS. The van der Waals surface area contributed by atoms with Gasteiger partial charge in [0, 0.05) is 11.3 Å².